The van der Waals surface area contributed by atoms with Gasteiger partial charge in [0.2, 0.25) is 11.9 Å². The largest absolute Gasteiger partial charge is 0.378 e. The van der Waals surface area contributed by atoms with Gasteiger partial charge in [0, 0.05) is 35.9 Å². The average Bonchev–Trinajstić information content (AvgIpc) is 3.08. The molecule has 0 unspecified atom stereocenters. The van der Waals surface area contributed by atoms with Gasteiger partial charge in [-0.25, -0.2) is 9.97 Å². The number of amides is 1. The van der Waals surface area contributed by atoms with Crippen LogP contribution < -0.4 is 4.90 Å². The molecule has 1 fully saturated rings. The zero-order chi connectivity index (χ0) is 17.2. The van der Waals surface area contributed by atoms with Crippen LogP contribution in [-0.4, -0.2) is 47.1 Å². The molecule has 1 aromatic carbocycles. The lowest BCUT2D eigenvalue weighted by atomic mass is 10.1. The van der Waals surface area contributed by atoms with Crippen molar-refractivity contribution in [3.05, 3.63) is 51.8 Å². The number of carbonyl (C=O) groups excluding carboxylic acids is 1. The number of morpholine rings is 1. The van der Waals surface area contributed by atoms with E-state index in [1.165, 1.54) is 0 Å². The van der Waals surface area contributed by atoms with Crippen LogP contribution in [0, 0.1) is 0 Å². The van der Waals surface area contributed by atoms with Crippen LogP contribution in [0.2, 0.25) is 0 Å². The molecule has 0 aliphatic carbocycles. The monoisotopic (exact) mass is 402 g/mol. The summed E-state index contributed by atoms with van der Waals surface area (Å²) in [5.74, 6) is 0.859. The predicted molar refractivity (Wildman–Crippen MR) is 97.2 cm³/mol. The molecule has 0 bridgehead atoms. The Morgan fingerprint density at radius 3 is 2.68 bits per heavy atom. The predicted octanol–water partition coefficient (Wildman–Crippen LogP) is 2.16. The molecular weight excluding hydrogens is 384 g/mol. The second kappa shape index (κ2) is 7.09. The molecule has 0 N–H and O–H groups in total. The van der Waals surface area contributed by atoms with E-state index < -0.39 is 0 Å². The van der Waals surface area contributed by atoms with Crippen molar-refractivity contribution >= 4 is 27.8 Å². The van der Waals surface area contributed by atoms with Gasteiger partial charge in [0.25, 0.3) is 0 Å². The number of nitrogens with zero attached hydrogens (tertiary/aromatic N) is 4. The van der Waals surface area contributed by atoms with Crippen LogP contribution in [-0.2, 0) is 29.0 Å². The number of halogens is 1. The third-order valence-corrected chi connectivity index (χ3v) is 5.09. The highest BCUT2D eigenvalue weighted by molar-refractivity contribution is 9.10. The molecule has 25 heavy (non-hydrogen) atoms. The highest BCUT2D eigenvalue weighted by Crippen LogP contribution is 2.23. The van der Waals surface area contributed by atoms with Gasteiger partial charge in [-0.2, -0.15) is 0 Å². The van der Waals surface area contributed by atoms with Crippen LogP contribution in [0.4, 0.5) is 5.95 Å². The van der Waals surface area contributed by atoms with E-state index in [9.17, 15) is 4.79 Å². The minimum absolute atomic E-state index is 0.119. The van der Waals surface area contributed by atoms with E-state index in [-0.39, 0.29) is 5.91 Å². The van der Waals surface area contributed by atoms with Crippen molar-refractivity contribution in [3.8, 4) is 0 Å². The third-order valence-electron chi connectivity index (χ3n) is 4.56. The molecule has 3 heterocycles. The van der Waals surface area contributed by atoms with Gasteiger partial charge in [0.15, 0.2) is 0 Å². The van der Waals surface area contributed by atoms with Crippen LogP contribution in [0.1, 0.15) is 16.8 Å². The van der Waals surface area contributed by atoms with E-state index >= 15 is 0 Å². The summed E-state index contributed by atoms with van der Waals surface area (Å²) in [6.07, 6.45) is 2.27. The van der Waals surface area contributed by atoms with Crippen molar-refractivity contribution in [1.82, 2.24) is 14.9 Å². The number of hydrogen-bond acceptors (Lipinski definition) is 5. The summed E-state index contributed by atoms with van der Waals surface area (Å²) in [7, 11) is 0. The Balaban J connectivity index is 1.43. The summed E-state index contributed by atoms with van der Waals surface area (Å²) in [5.41, 5.74) is 3.02. The first-order valence-electron chi connectivity index (χ1n) is 8.39. The number of ether oxygens (including phenoxy) is 1. The van der Waals surface area contributed by atoms with Crippen molar-refractivity contribution in [2.24, 2.45) is 0 Å². The molecule has 4 rings (SSSR count). The second-order valence-electron chi connectivity index (χ2n) is 6.29. The molecule has 0 saturated carbocycles. The van der Waals surface area contributed by atoms with Crippen molar-refractivity contribution in [2.45, 2.75) is 19.5 Å². The fourth-order valence-electron chi connectivity index (χ4n) is 3.12. The first kappa shape index (κ1) is 16.5. The number of aromatic nitrogens is 2. The standard InChI is InChI=1S/C18H19BrN4O2/c19-15-3-1-13(2-4-15)9-17(24)23-11-14-10-20-18(21-16(14)12-23)22-5-7-25-8-6-22/h1-4,10H,5-9,11-12H2. The zero-order valence-electron chi connectivity index (χ0n) is 13.8. The highest BCUT2D eigenvalue weighted by Gasteiger charge is 2.26. The molecular formula is C18H19BrN4O2. The van der Waals surface area contributed by atoms with Crippen LogP contribution >= 0.6 is 15.9 Å². The van der Waals surface area contributed by atoms with E-state index in [1.807, 2.05) is 35.4 Å². The first-order valence-corrected chi connectivity index (χ1v) is 9.18. The van der Waals surface area contributed by atoms with E-state index in [2.05, 4.69) is 30.8 Å². The van der Waals surface area contributed by atoms with E-state index in [0.717, 1.165) is 40.3 Å². The Kier molecular flexibility index (Phi) is 4.67. The Morgan fingerprint density at radius 2 is 1.92 bits per heavy atom. The van der Waals surface area contributed by atoms with Gasteiger partial charge in [-0.3, -0.25) is 4.79 Å². The van der Waals surface area contributed by atoms with E-state index in [4.69, 9.17) is 4.74 Å². The summed E-state index contributed by atoms with van der Waals surface area (Å²) in [5, 5.41) is 0. The lowest BCUT2D eigenvalue weighted by Gasteiger charge is -2.26. The molecule has 2 aliphatic rings. The summed E-state index contributed by atoms with van der Waals surface area (Å²) in [6, 6.07) is 7.87. The highest BCUT2D eigenvalue weighted by atomic mass is 79.9. The maximum atomic E-state index is 12.6. The number of benzene rings is 1. The molecule has 0 atom stereocenters. The number of hydrogen-bond donors (Lipinski definition) is 0. The SMILES string of the molecule is O=C(Cc1ccc(Br)cc1)N1Cc2cnc(N3CCOCC3)nc2C1. The number of rotatable bonds is 3. The summed E-state index contributed by atoms with van der Waals surface area (Å²) >= 11 is 3.41. The number of fused-ring (bicyclic) bond motifs is 1. The molecule has 130 valence electrons. The van der Waals surface area contributed by atoms with Crippen molar-refractivity contribution in [3.63, 3.8) is 0 Å². The van der Waals surface area contributed by atoms with Crippen LogP contribution in [0.3, 0.4) is 0 Å². The quantitative estimate of drug-likeness (QED) is 0.786. The molecule has 7 heteroatoms. The molecule has 2 aromatic rings. The Labute approximate surface area is 154 Å². The van der Waals surface area contributed by atoms with E-state index in [1.54, 1.807) is 0 Å². The Bertz CT molecular complexity index is 775. The van der Waals surface area contributed by atoms with E-state index in [0.29, 0.717) is 32.7 Å². The van der Waals surface area contributed by atoms with Crippen LogP contribution in [0.25, 0.3) is 0 Å². The Morgan fingerprint density at radius 1 is 1.16 bits per heavy atom. The van der Waals surface area contributed by atoms with Gasteiger partial charge in [-0.05, 0) is 17.7 Å². The maximum absolute atomic E-state index is 12.6. The molecule has 1 saturated heterocycles. The fourth-order valence-corrected chi connectivity index (χ4v) is 3.39. The van der Waals surface area contributed by atoms with Gasteiger partial charge < -0.3 is 14.5 Å². The maximum Gasteiger partial charge on any atom is 0.227 e. The molecule has 1 amide bonds. The van der Waals surface area contributed by atoms with Gasteiger partial charge in [-0.1, -0.05) is 28.1 Å². The average molecular weight is 403 g/mol. The smallest absolute Gasteiger partial charge is 0.227 e. The summed E-state index contributed by atoms with van der Waals surface area (Å²) in [4.78, 5) is 25.7. The van der Waals surface area contributed by atoms with Gasteiger partial charge in [0.05, 0.1) is 31.9 Å². The minimum Gasteiger partial charge on any atom is -0.378 e. The summed E-state index contributed by atoms with van der Waals surface area (Å²) < 4.78 is 6.39. The van der Waals surface area contributed by atoms with Crippen molar-refractivity contribution in [2.75, 3.05) is 31.2 Å². The Hall–Kier alpha value is -1.99. The summed E-state index contributed by atoms with van der Waals surface area (Å²) in [6.45, 7) is 4.19. The molecule has 1 aromatic heterocycles. The zero-order valence-corrected chi connectivity index (χ0v) is 15.4. The van der Waals surface area contributed by atoms with Crippen LogP contribution in [0.15, 0.2) is 34.9 Å². The van der Waals surface area contributed by atoms with Crippen molar-refractivity contribution in [1.29, 1.82) is 0 Å². The molecule has 0 spiro atoms. The topological polar surface area (TPSA) is 58.6 Å². The lowest BCUT2D eigenvalue weighted by molar-refractivity contribution is -0.131. The molecule has 0 radical (unpaired) electrons. The van der Waals surface area contributed by atoms with Crippen LogP contribution in [0.5, 0.6) is 0 Å². The normalized spacial score (nSPS) is 16.8. The third kappa shape index (κ3) is 3.67. The minimum atomic E-state index is 0.119. The second-order valence-corrected chi connectivity index (χ2v) is 7.21. The number of carbonyl (C=O) groups is 1. The van der Waals surface area contributed by atoms with Gasteiger partial charge >= 0.3 is 0 Å². The number of anilines is 1. The first-order chi connectivity index (χ1) is 12.2. The van der Waals surface area contributed by atoms with Gasteiger partial charge in [-0.15, -0.1) is 0 Å². The molecule has 2 aliphatic heterocycles. The molecule has 6 nitrogen and oxygen atoms in total. The lowest BCUT2D eigenvalue weighted by Crippen LogP contribution is -2.37. The van der Waals surface area contributed by atoms with Gasteiger partial charge in [0.1, 0.15) is 0 Å². The van der Waals surface area contributed by atoms with Crippen molar-refractivity contribution < 1.29 is 9.53 Å². The fraction of sp³-hybridized carbons (Fsp3) is 0.389.